The fourth-order valence-corrected chi connectivity index (χ4v) is 5.63. The van der Waals surface area contributed by atoms with Crippen LogP contribution in [0.2, 0.25) is 0 Å². The molecule has 0 spiro atoms. The average molecular weight is 443 g/mol. The number of piperidine rings is 1. The maximum Gasteiger partial charge on any atom is 0.257 e. The number of aliphatic hydroxyl groups excluding tert-OH is 1. The van der Waals surface area contributed by atoms with Crippen LogP contribution in [0.5, 0.6) is 5.75 Å². The third-order valence-electron chi connectivity index (χ3n) is 7.86. The Hall–Kier alpha value is -2.08. The summed E-state index contributed by atoms with van der Waals surface area (Å²) in [7, 11) is 0. The molecule has 1 aliphatic carbocycles. The standard InChI is InChI=1S/C26H38N2O4/c29-20-26-11-5-6-14-27(24(30)19-21-7-1-2-8-21)17-18-32-23-10-4-3-9-22(23)25(31)28(15-12-26)16-13-26/h3-4,9-10,21,29H,1-2,5-8,11-20H2. The molecule has 2 amide bonds. The topological polar surface area (TPSA) is 70.1 Å². The summed E-state index contributed by atoms with van der Waals surface area (Å²) >= 11 is 0. The molecule has 176 valence electrons. The van der Waals surface area contributed by atoms with Gasteiger partial charge in [-0.3, -0.25) is 9.59 Å². The summed E-state index contributed by atoms with van der Waals surface area (Å²) in [6.45, 7) is 3.17. The predicted octanol–water partition coefficient (Wildman–Crippen LogP) is 3.87. The van der Waals surface area contributed by atoms with Crippen molar-refractivity contribution in [2.24, 2.45) is 11.3 Å². The van der Waals surface area contributed by atoms with Crippen molar-refractivity contribution in [1.29, 1.82) is 0 Å². The first kappa shape index (κ1) is 23.1. The number of carbonyl (C=O) groups is 2. The number of rotatable bonds is 3. The van der Waals surface area contributed by atoms with Crippen LogP contribution in [-0.4, -0.2) is 66.1 Å². The maximum absolute atomic E-state index is 13.2. The van der Waals surface area contributed by atoms with Crippen molar-refractivity contribution in [3.63, 3.8) is 0 Å². The molecule has 1 N–H and O–H groups in total. The van der Waals surface area contributed by atoms with E-state index in [1.165, 1.54) is 25.7 Å². The Kier molecular flexibility index (Phi) is 7.71. The van der Waals surface area contributed by atoms with E-state index in [1.807, 2.05) is 34.1 Å². The van der Waals surface area contributed by atoms with Crippen molar-refractivity contribution in [3.8, 4) is 5.75 Å². The molecule has 1 saturated heterocycles. The molecule has 3 aliphatic heterocycles. The Morgan fingerprint density at radius 2 is 1.75 bits per heavy atom. The number of para-hydroxylation sites is 1. The van der Waals surface area contributed by atoms with Gasteiger partial charge in [0.2, 0.25) is 5.91 Å². The normalized spacial score (nSPS) is 22.7. The Labute approximate surface area is 191 Å². The molecule has 1 saturated carbocycles. The molecule has 1 aromatic carbocycles. The van der Waals surface area contributed by atoms with Gasteiger partial charge in [0.1, 0.15) is 12.4 Å². The van der Waals surface area contributed by atoms with Gasteiger partial charge in [0.25, 0.3) is 5.91 Å². The zero-order valence-corrected chi connectivity index (χ0v) is 19.3. The highest BCUT2D eigenvalue weighted by molar-refractivity contribution is 5.97. The second-order valence-corrected chi connectivity index (χ2v) is 9.99. The number of amides is 2. The van der Waals surface area contributed by atoms with Gasteiger partial charge < -0.3 is 19.6 Å². The number of carbonyl (C=O) groups excluding carboxylic acids is 2. The third kappa shape index (κ3) is 5.45. The SMILES string of the molecule is O=C(CC1CCCC1)N1CCCCC2(CO)CCN(CC2)C(=O)c2ccccc2OCC1. The lowest BCUT2D eigenvalue weighted by Crippen LogP contribution is -2.44. The van der Waals surface area contributed by atoms with Crippen molar-refractivity contribution in [3.05, 3.63) is 29.8 Å². The number of ether oxygens (including phenoxy) is 1. The lowest BCUT2D eigenvalue weighted by atomic mass is 9.75. The molecule has 5 rings (SSSR count). The second kappa shape index (κ2) is 10.7. The Bertz CT molecular complexity index is 782. The Morgan fingerprint density at radius 3 is 2.50 bits per heavy atom. The van der Waals surface area contributed by atoms with E-state index in [0.717, 1.165) is 38.6 Å². The van der Waals surface area contributed by atoms with Crippen molar-refractivity contribution in [2.75, 3.05) is 39.4 Å². The van der Waals surface area contributed by atoms with Crippen LogP contribution in [0.15, 0.2) is 24.3 Å². The lowest BCUT2D eigenvalue weighted by molar-refractivity contribution is -0.132. The number of fused-ring (bicyclic) bond motifs is 9. The van der Waals surface area contributed by atoms with Crippen molar-refractivity contribution < 1.29 is 19.4 Å². The zero-order valence-electron chi connectivity index (χ0n) is 19.3. The van der Waals surface area contributed by atoms with Crippen molar-refractivity contribution >= 4 is 11.8 Å². The van der Waals surface area contributed by atoms with Crippen LogP contribution in [-0.2, 0) is 4.79 Å². The Morgan fingerprint density at radius 1 is 1.00 bits per heavy atom. The largest absolute Gasteiger partial charge is 0.491 e. The summed E-state index contributed by atoms with van der Waals surface area (Å²) in [5.41, 5.74) is 0.480. The van der Waals surface area contributed by atoms with Crippen LogP contribution in [0.4, 0.5) is 0 Å². The number of nitrogens with zero attached hydrogens (tertiary/aromatic N) is 2. The minimum Gasteiger partial charge on any atom is -0.491 e. The molecule has 32 heavy (non-hydrogen) atoms. The molecule has 1 aromatic rings. The second-order valence-electron chi connectivity index (χ2n) is 9.99. The molecule has 4 aliphatic rings. The van der Waals surface area contributed by atoms with Gasteiger partial charge in [-0.1, -0.05) is 31.4 Å². The highest BCUT2D eigenvalue weighted by Gasteiger charge is 2.36. The summed E-state index contributed by atoms with van der Waals surface area (Å²) in [6.07, 6.45) is 9.99. The smallest absolute Gasteiger partial charge is 0.257 e. The van der Waals surface area contributed by atoms with Crippen LogP contribution in [0.1, 0.15) is 74.6 Å². The molecule has 2 fully saturated rings. The van der Waals surface area contributed by atoms with E-state index >= 15 is 0 Å². The predicted molar refractivity (Wildman–Crippen MR) is 124 cm³/mol. The van der Waals surface area contributed by atoms with Gasteiger partial charge >= 0.3 is 0 Å². The summed E-state index contributed by atoms with van der Waals surface area (Å²) < 4.78 is 6.05. The van der Waals surface area contributed by atoms with E-state index in [0.29, 0.717) is 49.9 Å². The molecular weight excluding hydrogens is 404 g/mol. The van der Waals surface area contributed by atoms with E-state index in [9.17, 15) is 14.7 Å². The van der Waals surface area contributed by atoms with Gasteiger partial charge in [0.05, 0.1) is 12.1 Å². The number of hydrogen-bond donors (Lipinski definition) is 1. The fourth-order valence-electron chi connectivity index (χ4n) is 5.63. The van der Waals surface area contributed by atoms with Gasteiger partial charge in [0, 0.05) is 32.7 Å². The number of benzene rings is 1. The quantitative estimate of drug-likeness (QED) is 0.771. The molecule has 6 nitrogen and oxygen atoms in total. The van der Waals surface area contributed by atoms with E-state index in [-0.39, 0.29) is 23.8 Å². The fraction of sp³-hybridized carbons (Fsp3) is 0.692. The molecular formula is C26H38N2O4. The highest BCUT2D eigenvalue weighted by Crippen LogP contribution is 2.37. The Balaban J connectivity index is 1.50. The first-order chi connectivity index (χ1) is 15.6. The molecule has 0 aromatic heterocycles. The minimum atomic E-state index is -0.105. The van der Waals surface area contributed by atoms with E-state index in [1.54, 1.807) is 0 Å². The first-order valence-electron chi connectivity index (χ1n) is 12.5. The highest BCUT2D eigenvalue weighted by atomic mass is 16.5. The molecule has 3 heterocycles. The molecule has 2 bridgehead atoms. The van der Waals surface area contributed by atoms with Crippen molar-refractivity contribution in [2.45, 2.75) is 64.2 Å². The minimum absolute atomic E-state index is 0.00354. The monoisotopic (exact) mass is 442 g/mol. The summed E-state index contributed by atoms with van der Waals surface area (Å²) in [6, 6.07) is 7.43. The average Bonchev–Trinajstić information content (AvgIpc) is 3.33. The van der Waals surface area contributed by atoms with Crippen molar-refractivity contribution in [1.82, 2.24) is 9.80 Å². The van der Waals surface area contributed by atoms with Crippen LogP contribution < -0.4 is 4.74 Å². The molecule has 0 atom stereocenters. The lowest BCUT2D eigenvalue weighted by Gasteiger charge is -2.41. The van der Waals surface area contributed by atoms with E-state index in [4.69, 9.17) is 4.74 Å². The summed E-state index contributed by atoms with van der Waals surface area (Å²) in [5.74, 6) is 1.35. The van der Waals surface area contributed by atoms with Gasteiger partial charge in [0.15, 0.2) is 0 Å². The first-order valence-corrected chi connectivity index (χ1v) is 12.5. The summed E-state index contributed by atoms with van der Waals surface area (Å²) in [4.78, 5) is 30.1. The van der Waals surface area contributed by atoms with Gasteiger partial charge in [-0.2, -0.15) is 0 Å². The molecule has 6 heteroatoms. The van der Waals surface area contributed by atoms with Crippen LogP contribution >= 0.6 is 0 Å². The number of aliphatic hydroxyl groups is 1. The summed E-state index contributed by atoms with van der Waals surface area (Å²) in [5, 5.41) is 10.2. The molecule has 0 unspecified atom stereocenters. The molecule has 0 radical (unpaired) electrons. The van der Waals surface area contributed by atoms with Gasteiger partial charge in [-0.25, -0.2) is 0 Å². The van der Waals surface area contributed by atoms with Gasteiger partial charge in [-0.05, 0) is 62.0 Å². The number of hydrogen-bond acceptors (Lipinski definition) is 4. The zero-order chi connectivity index (χ0) is 22.4. The van der Waals surface area contributed by atoms with Gasteiger partial charge in [-0.15, -0.1) is 0 Å². The maximum atomic E-state index is 13.2. The van der Waals surface area contributed by atoms with Crippen LogP contribution in [0, 0.1) is 11.3 Å². The van der Waals surface area contributed by atoms with Crippen LogP contribution in [0.3, 0.4) is 0 Å². The third-order valence-corrected chi connectivity index (χ3v) is 7.86. The van der Waals surface area contributed by atoms with E-state index < -0.39 is 0 Å². The van der Waals surface area contributed by atoms with E-state index in [2.05, 4.69) is 0 Å². The van der Waals surface area contributed by atoms with Crippen LogP contribution in [0.25, 0.3) is 0 Å².